The highest BCUT2D eigenvalue weighted by molar-refractivity contribution is 7.13. The van der Waals surface area contributed by atoms with Crippen molar-refractivity contribution in [3.05, 3.63) is 74.2 Å². The number of fused-ring (bicyclic) bond motifs is 1. The van der Waals surface area contributed by atoms with Crippen molar-refractivity contribution in [2.24, 2.45) is 0 Å². The lowest BCUT2D eigenvalue weighted by atomic mass is 10.0. The van der Waals surface area contributed by atoms with E-state index in [4.69, 9.17) is 16.3 Å². The Morgan fingerprint density at radius 1 is 1.12 bits per heavy atom. The van der Waals surface area contributed by atoms with Gasteiger partial charge in [0.1, 0.15) is 11.7 Å². The van der Waals surface area contributed by atoms with Crippen molar-refractivity contribution in [2.45, 2.75) is 71.8 Å². The van der Waals surface area contributed by atoms with E-state index in [0.717, 1.165) is 30.1 Å². The van der Waals surface area contributed by atoms with Crippen LogP contribution in [0, 0.1) is 0 Å². The fourth-order valence-corrected chi connectivity index (χ4v) is 5.48. The van der Waals surface area contributed by atoms with Gasteiger partial charge in [0.05, 0.1) is 11.3 Å². The molecule has 0 saturated heterocycles. The molecule has 1 atom stereocenters. The quantitative estimate of drug-likeness (QED) is 0.300. The number of rotatable bonds is 8. The third-order valence-electron chi connectivity index (χ3n) is 6.51. The summed E-state index contributed by atoms with van der Waals surface area (Å²) < 4.78 is 5.50. The molecule has 0 bridgehead atoms. The molecule has 2 aromatic carbocycles. The summed E-state index contributed by atoms with van der Waals surface area (Å²) in [5.74, 6) is -1.61. The summed E-state index contributed by atoms with van der Waals surface area (Å²) in [4.78, 5) is 46.8. The molecule has 1 unspecified atom stereocenters. The van der Waals surface area contributed by atoms with Crippen molar-refractivity contribution in [2.75, 3.05) is 17.2 Å². The number of aromatic nitrogens is 1. The van der Waals surface area contributed by atoms with Gasteiger partial charge < -0.3 is 20.5 Å². The minimum atomic E-state index is -1.43. The van der Waals surface area contributed by atoms with Gasteiger partial charge in [-0.2, -0.15) is 0 Å². The Hall–Kier alpha value is -3.31. The molecule has 2 amide bonds. The van der Waals surface area contributed by atoms with Crippen LogP contribution in [-0.4, -0.2) is 57.1 Å². The maximum atomic E-state index is 13.4. The summed E-state index contributed by atoms with van der Waals surface area (Å²) in [5, 5.41) is 17.1. The number of esters is 1. The summed E-state index contributed by atoms with van der Waals surface area (Å²) in [6.45, 7) is 11.2. The van der Waals surface area contributed by atoms with E-state index < -0.39 is 29.5 Å². The summed E-state index contributed by atoms with van der Waals surface area (Å²) in [6.07, 6.45) is -0.768. The Morgan fingerprint density at radius 3 is 2.49 bits per heavy atom. The number of carbonyl (C=O) groups excluding carboxylic acids is 3. The van der Waals surface area contributed by atoms with E-state index in [-0.39, 0.29) is 17.7 Å². The number of carbonyl (C=O) groups is 3. The van der Waals surface area contributed by atoms with E-state index in [9.17, 15) is 19.5 Å². The number of amides is 2. The van der Waals surface area contributed by atoms with Gasteiger partial charge in [0.25, 0.3) is 11.8 Å². The maximum absolute atomic E-state index is 13.4. The van der Waals surface area contributed by atoms with Crippen LogP contribution in [0.1, 0.15) is 70.9 Å². The van der Waals surface area contributed by atoms with Crippen LogP contribution in [0.4, 0.5) is 11.4 Å². The second-order valence-corrected chi connectivity index (χ2v) is 12.8. The first-order valence-electron chi connectivity index (χ1n) is 13.4. The predicted molar refractivity (Wildman–Crippen MR) is 161 cm³/mol. The number of benzene rings is 2. The number of thiazole rings is 1. The third kappa shape index (κ3) is 8.13. The topological polar surface area (TPSA) is 121 Å². The largest absolute Gasteiger partial charge is 0.456 e. The Balaban J connectivity index is 1.56. The summed E-state index contributed by atoms with van der Waals surface area (Å²) >= 11 is 7.25. The van der Waals surface area contributed by atoms with Gasteiger partial charge in [0.2, 0.25) is 0 Å². The number of aliphatic hydroxyl groups is 1. The van der Waals surface area contributed by atoms with Crippen LogP contribution < -0.4 is 10.6 Å². The fourth-order valence-electron chi connectivity index (χ4n) is 4.32. The van der Waals surface area contributed by atoms with E-state index in [1.165, 1.54) is 17.4 Å². The Morgan fingerprint density at radius 2 is 1.83 bits per heavy atom. The van der Waals surface area contributed by atoms with E-state index in [1.807, 2.05) is 0 Å². The first kappa shape index (κ1) is 30.6. The Kier molecular flexibility index (Phi) is 9.48. The summed E-state index contributed by atoms with van der Waals surface area (Å²) in [7, 11) is 0. The average Bonchev–Trinajstić information content (AvgIpc) is 3.33. The molecule has 3 aromatic rings. The van der Waals surface area contributed by atoms with Crippen molar-refractivity contribution in [3.8, 4) is 0 Å². The van der Waals surface area contributed by atoms with Gasteiger partial charge in [-0.3, -0.25) is 14.5 Å². The molecule has 4 rings (SSSR count). The second kappa shape index (κ2) is 12.7. The van der Waals surface area contributed by atoms with Crippen molar-refractivity contribution >= 4 is 52.1 Å². The fraction of sp³-hybridized carbons (Fsp3) is 0.400. The highest BCUT2D eigenvalue weighted by Crippen LogP contribution is 2.28. The van der Waals surface area contributed by atoms with E-state index in [0.29, 0.717) is 27.3 Å². The Bertz CT molecular complexity index is 1430. The van der Waals surface area contributed by atoms with Crippen LogP contribution >= 0.6 is 22.9 Å². The molecule has 9 nitrogen and oxygen atoms in total. The van der Waals surface area contributed by atoms with Gasteiger partial charge >= 0.3 is 5.97 Å². The van der Waals surface area contributed by atoms with Crippen LogP contribution in [0.5, 0.6) is 0 Å². The molecular formula is C30H35ClN4O5S. The number of hydrogen-bond donors (Lipinski definition) is 3. The van der Waals surface area contributed by atoms with Gasteiger partial charge in [-0.1, -0.05) is 17.7 Å². The number of anilines is 2. The SMILES string of the molecule is CC(C)N1CCc2nc(C(=O)Nc3cc(C(=O)OC(C)(C)C)ccc3CC(O)C(=O)Nc3ccc(Cl)cc3)sc2C1. The number of halogens is 1. The molecule has 3 N–H and O–H groups in total. The maximum Gasteiger partial charge on any atom is 0.338 e. The van der Waals surface area contributed by atoms with Crippen LogP contribution in [0.2, 0.25) is 5.02 Å². The lowest BCUT2D eigenvalue weighted by Gasteiger charge is -2.29. The first-order chi connectivity index (χ1) is 19.3. The third-order valence-corrected chi connectivity index (χ3v) is 7.84. The second-order valence-electron chi connectivity index (χ2n) is 11.2. The summed E-state index contributed by atoms with van der Waals surface area (Å²) in [6, 6.07) is 11.5. The molecule has 2 heterocycles. The molecule has 218 valence electrons. The van der Waals surface area contributed by atoms with Crippen molar-refractivity contribution < 1.29 is 24.2 Å². The molecule has 0 spiro atoms. The van der Waals surface area contributed by atoms with Gasteiger partial charge in [0.15, 0.2) is 5.01 Å². The molecule has 11 heteroatoms. The minimum Gasteiger partial charge on any atom is -0.456 e. The van der Waals surface area contributed by atoms with E-state index in [1.54, 1.807) is 57.2 Å². The number of hydrogen-bond acceptors (Lipinski definition) is 8. The van der Waals surface area contributed by atoms with Gasteiger partial charge in [-0.05, 0) is 76.6 Å². The normalized spacial score (nSPS) is 14.3. The molecule has 0 fully saturated rings. The molecule has 0 aliphatic carbocycles. The molecule has 1 aromatic heterocycles. The molecule has 0 saturated carbocycles. The highest BCUT2D eigenvalue weighted by Gasteiger charge is 2.26. The standard InChI is InChI=1S/C30H35ClN4O5S/c1-17(2)35-13-12-22-25(16-35)41-28(34-22)27(38)33-23-14-19(29(39)40-30(3,4)5)7-6-18(23)15-24(36)26(37)32-21-10-8-20(31)9-11-21/h6-11,14,17,24,36H,12-13,15-16H2,1-5H3,(H,32,37)(H,33,38). The van der Waals surface area contributed by atoms with Crippen molar-refractivity contribution in [1.82, 2.24) is 9.88 Å². The highest BCUT2D eigenvalue weighted by atomic mass is 35.5. The Labute approximate surface area is 248 Å². The predicted octanol–water partition coefficient (Wildman–Crippen LogP) is 5.31. The van der Waals surface area contributed by atoms with Gasteiger partial charge in [-0.15, -0.1) is 11.3 Å². The van der Waals surface area contributed by atoms with E-state index >= 15 is 0 Å². The van der Waals surface area contributed by atoms with Crippen LogP contribution in [0.25, 0.3) is 0 Å². The smallest absolute Gasteiger partial charge is 0.338 e. The molecule has 1 aliphatic rings. The molecule has 41 heavy (non-hydrogen) atoms. The van der Waals surface area contributed by atoms with Crippen LogP contribution in [-0.2, 0) is 28.9 Å². The van der Waals surface area contributed by atoms with Gasteiger partial charge in [-0.25, -0.2) is 9.78 Å². The molecular weight excluding hydrogens is 564 g/mol. The number of ether oxygens (including phenoxy) is 1. The first-order valence-corrected chi connectivity index (χ1v) is 14.6. The number of nitrogens with zero attached hydrogens (tertiary/aromatic N) is 2. The zero-order valence-corrected chi connectivity index (χ0v) is 25.4. The average molecular weight is 599 g/mol. The zero-order chi connectivity index (χ0) is 29.9. The van der Waals surface area contributed by atoms with Crippen LogP contribution in [0.15, 0.2) is 42.5 Å². The lowest BCUT2D eigenvalue weighted by Crippen LogP contribution is -2.35. The molecule has 0 radical (unpaired) electrons. The molecule has 1 aliphatic heterocycles. The van der Waals surface area contributed by atoms with Crippen molar-refractivity contribution in [3.63, 3.8) is 0 Å². The monoisotopic (exact) mass is 598 g/mol. The van der Waals surface area contributed by atoms with Gasteiger partial charge in [0, 0.05) is 53.2 Å². The number of nitrogens with one attached hydrogen (secondary N) is 2. The number of aliphatic hydroxyl groups excluding tert-OH is 1. The minimum absolute atomic E-state index is 0.110. The zero-order valence-electron chi connectivity index (χ0n) is 23.8. The summed E-state index contributed by atoms with van der Waals surface area (Å²) in [5.41, 5.74) is 1.68. The van der Waals surface area contributed by atoms with E-state index in [2.05, 4.69) is 34.4 Å². The van der Waals surface area contributed by atoms with Crippen molar-refractivity contribution in [1.29, 1.82) is 0 Å². The van der Waals surface area contributed by atoms with Crippen LogP contribution in [0.3, 0.4) is 0 Å². The lowest BCUT2D eigenvalue weighted by molar-refractivity contribution is -0.123.